The molecule has 7 nitrogen and oxygen atoms in total. The Morgan fingerprint density at radius 1 is 1.03 bits per heavy atom. The summed E-state index contributed by atoms with van der Waals surface area (Å²) in [6.45, 7) is 9.80. The number of nitrogens with one attached hydrogen (secondary N) is 1. The molecule has 1 amide bonds. The molecule has 0 aromatic heterocycles. The quantitative estimate of drug-likeness (QED) is 0.596. The lowest BCUT2D eigenvalue weighted by molar-refractivity contribution is 0.00578. The van der Waals surface area contributed by atoms with Crippen LogP contribution in [0.15, 0.2) is 54.0 Å². The second-order valence-corrected chi connectivity index (χ2v) is 9.05. The molecule has 0 bridgehead atoms. The van der Waals surface area contributed by atoms with Crippen molar-refractivity contribution in [2.24, 2.45) is 0 Å². The highest BCUT2D eigenvalue weighted by molar-refractivity contribution is 6.56. The molecule has 0 aliphatic carbocycles. The van der Waals surface area contributed by atoms with Crippen molar-refractivity contribution >= 4 is 25.3 Å². The number of benzene rings is 2. The Kier molecular flexibility index (Phi) is 7.30. The van der Waals surface area contributed by atoms with Gasteiger partial charge in [0.2, 0.25) is 0 Å². The predicted octanol–water partition coefficient (Wildman–Crippen LogP) is 4.63. The van der Waals surface area contributed by atoms with E-state index in [4.69, 9.17) is 14.0 Å². The number of alkyl carbamates (subject to hydrolysis) is 1. The number of carboxylic acids is 1. The smallest absolute Gasteiger partial charge is 0.478 e. The summed E-state index contributed by atoms with van der Waals surface area (Å²) in [4.78, 5) is 23.9. The summed E-state index contributed by atoms with van der Waals surface area (Å²) in [7, 11) is -0.711. The maximum Gasteiger partial charge on any atom is 0.492 e. The molecule has 0 spiro atoms. The normalized spacial score (nSPS) is 17.0. The van der Waals surface area contributed by atoms with Crippen LogP contribution >= 0.6 is 0 Å². The first-order valence-electron chi connectivity index (χ1n) is 10.8. The molecule has 8 heteroatoms. The van der Waals surface area contributed by atoms with Gasteiger partial charge < -0.3 is 24.5 Å². The van der Waals surface area contributed by atoms with Gasteiger partial charge in [-0.25, -0.2) is 9.59 Å². The molecule has 1 fully saturated rings. The Balaban J connectivity index is 1.81. The standard InChI is InChI=1S/C25H30BNO6/c1-17-19(12-9-13-21(17)22(28)29)14-20(26-32-24(2,3)25(4,5)33-26)15-27-23(30)31-16-18-10-7-6-8-11-18/h6-14H,15-16H2,1-5H3,(H,27,30)(H,28,29). The molecular formula is C25H30BNO6. The summed E-state index contributed by atoms with van der Waals surface area (Å²) >= 11 is 0. The Hall–Kier alpha value is -3.10. The Bertz CT molecular complexity index is 1030. The lowest BCUT2D eigenvalue weighted by atomic mass is 9.76. The Morgan fingerprint density at radius 2 is 1.67 bits per heavy atom. The molecule has 2 aromatic rings. The van der Waals surface area contributed by atoms with Crippen LogP contribution < -0.4 is 5.32 Å². The van der Waals surface area contributed by atoms with Crippen molar-refractivity contribution in [3.8, 4) is 0 Å². The highest BCUT2D eigenvalue weighted by Gasteiger charge is 2.52. The number of amides is 1. The summed E-state index contributed by atoms with van der Waals surface area (Å²) in [6.07, 6.45) is 1.23. The van der Waals surface area contributed by atoms with E-state index in [-0.39, 0.29) is 18.7 Å². The molecule has 174 valence electrons. The number of carbonyl (C=O) groups is 2. The molecule has 1 heterocycles. The zero-order valence-electron chi connectivity index (χ0n) is 19.7. The topological polar surface area (TPSA) is 94.1 Å². The molecule has 0 atom stereocenters. The van der Waals surface area contributed by atoms with Crippen LogP contribution in [0.4, 0.5) is 4.79 Å². The molecule has 3 rings (SSSR count). The summed E-state index contributed by atoms with van der Waals surface area (Å²) < 4.78 is 17.7. The van der Waals surface area contributed by atoms with Gasteiger partial charge >= 0.3 is 19.2 Å². The average Bonchev–Trinajstić information content (AvgIpc) is 2.98. The lowest BCUT2D eigenvalue weighted by Gasteiger charge is -2.32. The molecule has 2 N–H and O–H groups in total. The molecule has 33 heavy (non-hydrogen) atoms. The van der Waals surface area contributed by atoms with Crippen molar-refractivity contribution in [2.75, 3.05) is 6.54 Å². The van der Waals surface area contributed by atoms with Gasteiger partial charge in [0.15, 0.2) is 0 Å². The van der Waals surface area contributed by atoms with Gasteiger partial charge in [-0.15, -0.1) is 0 Å². The van der Waals surface area contributed by atoms with E-state index in [1.54, 1.807) is 25.1 Å². The minimum absolute atomic E-state index is 0.112. The lowest BCUT2D eigenvalue weighted by Crippen LogP contribution is -2.41. The molecule has 1 saturated heterocycles. The van der Waals surface area contributed by atoms with Crippen molar-refractivity contribution in [3.05, 3.63) is 76.3 Å². The second-order valence-electron chi connectivity index (χ2n) is 9.05. The maximum absolute atomic E-state index is 12.3. The summed E-state index contributed by atoms with van der Waals surface area (Å²) in [5.41, 5.74) is 1.94. The van der Waals surface area contributed by atoms with E-state index in [1.165, 1.54) is 0 Å². The molecule has 2 aromatic carbocycles. The third-order valence-corrected chi connectivity index (χ3v) is 6.15. The van der Waals surface area contributed by atoms with Crippen molar-refractivity contribution < 1.29 is 28.7 Å². The Labute approximate surface area is 194 Å². The predicted molar refractivity (Wildman–Crippen MR) is 127 cm³/mol. The third-order valence-electron chi connectivity index (χ3n) is 6.15. The van der Waals surface area contributed by atoms with E-state index in [0.717, 1.165) is 5.56 Å². The number of carboxylic acid groups (broad SMARTS) is 1. The summed E-state index contributed by atoms with van der Waals surface area (Å²) in [5.74, 6) is -0.998. The molecule has 0 unspecified atom stereocenters. The van der Waals surface area contributed by atoms with E-state index in [0.29, 0.717) is 16.6 Å². The number of hydrogen-bond donors (Lipinski definition) is 2. The van der Waals surface area contributed by atoms with Crippen LogP contribution in [0.2, 0.25) is 0 Å². The van der Waals surface area contributed by atoms with Gasteiger partial charge in [-0.2, -0.15) is 0 Å². The molecule has 0 radical (unpaired) electrons. The van der Waals surface area contributed by atoms with Crippen LogP contribution in [-0.4, -0.2) is 42.0 Å². The third kappa shape index (κ3) is 5.83. The van der Waals surface area contributed by atoms with Crippen molar-refractivity contribution in [1.82, 2.24) is 5.32 Å². The minimum atomic E-state index is -0.998. The van der Waals surface area contributed by atoms with Gasteiger partial charge in [-0.1, -0.05) is 48.5 Å². The van der Waals surface area contributed by atoms with Gasteiger partial charge in [0, 0.05) is 6.54 Å². The highest BCUT2D eigenvalue weighted by Crippen LogP contribution is 2.39. The highest BCUT2D eigenvalue weighted by atomic mass is 16.7. The maximum atomic E-state index is 12.3. The number of carbonyl (C=O) groups excluding carboxylic acids is 1. The van der Waals surface area contributed by atoms with Crippen LogP contribution in [-0.2, 0) is 20.7 Å². The molecule has 1 aliphatic heterocycles. The zero-order valence-corrected chi connectivity index (χ0v) is 19.7. The fourth-order valence-electron chi connectivity index (χ4n) is 3.39. The monoisotopic (exact) mass is 451 g/mol. The number of aromatic carboxylic acids is 1. The number of rotatable bonds is 7. The Morgan fingerprint density at radius 3 is 2.27 bits per heavy atom. The van der Waals surface area contributed by atoms with E-state index in [9.17, 15) is 14.7 Å². The van der Waals surface area contributed by atoms with Gasteiger partial charge in [-0.05, 0) is 62.8 Å². The molecule has 1 aliphatic rings. The first kappa shape index (κ1) is 24.5. The van der Waals surface area contributed by atoms with Crippen molar-refractivity contribution in [2.45, 2.75) is 52.4 Å². The summed E-state index contributed by atoms with van der Waals surface area (Å²) in [6, 6.07) is 14.5. The zero-order chi connectivity index (χ0) is 24.2. The minimum Gasteiger partial charge on any atom is -0.478 e. The van der Waals surface area contributed by atoms with Gasteiger partial charge in [0.05, 0.1) is 16.8 Å². The van der Waals surface area contributed by atoms with Crippen LogP contribution in [0, 0.1) is 6.92 Å². The molecule has 0 saturated carbocycles. The van der Waals surface area contributed by atoms with Crippen molar-refractivity contribution in [3.63, 3.8) is 0 Å². The van der Waals surface area contributed by atoms with Gasteiger partial charge in [-0.3, -0.25) is 0 Å². The fraction of sp³-hybridized carbons (Fsp3) is 0.360. The van der Waals surface area contributed by atoms with Gasteiger partial charge in [0.1, 0.15) is 6.61 Å². The number of hydrogen-bond acceptors (Lipinski definition) is 5. The first-order valence-corrected chi connectivity index (χ1v) is 10.8. The van der Waals surface area contributed by atoms with Crippen LogP contribution in [0.1, 0.15) is 54.7 Å². The van der Waals surface area contributed by atoms with Crippen LogP contribution in [0.25, 0.3) is 6.08 Å². The van der Waals surface area contributed by atoms with Crippen LogP contribution in [0.5, 0.6) is 0 Å². The number of ether oxygens (including phenoxy) is 1. The molecular weight excluding hydrogens is 421 g/mol. The second kappa shape index (κ2) is 9.81. The van der Waals surface area contributed by atoms with E-state index in [1.807, 2.05) is 64.1 Å². The van der Waals surface area contributed by atoms with E-state index < -0.39 is 30.4 Å². The summed E-state index contributed by atoms with van der Waals surface area (Å²) in [5, 5.41) is 12.2. The van der Waals surface area contributed by atoms with Gasteiger partial charge in [0.25, 0.3) is 0 Å². The average molecular weight is 451 g/mol. The largest absolute Gasteiger partial charge is 0.492 e. The SMILES string of the molecule is Cc1c(C=C(CNC(=O)OCc2ccccc2)B2OC(C)(C)C(C)(C)O2)cccc1C(=O)O. The van der Waals surface area contributed by atoms with Crippen molar-refractivity contribution in [1.29, 1.82) is 0 Å². The van der Waals surface area contributed by atoms with E-state index in [2.05, 4.69) is 5.32 Å². The fourth-order valence-corrected chi connectivity index (χ4v) is 3.39. The van der Waals surface area contributed by atoms with Crippen LogP contribution in [0.3, 0.4) is 0 Å². The van der Waals surface area contributed by atoms with E-state index >= 15 is 0 Å². The first-order chi connectivity index (χ1) is 15.5.